The standard InChI is InChI=1S/C9H7ClN4S/c1-3-4-15-8-6-7(11-5-14(6)2)12-9(10)13-8/h5H,1-2H3. The molecule has 0 unspecified atom stereocenters. The average Bonchev–Trinajstić information content (AvgIpc) is 2.56. The molecule has 6 heteroatoms. The molecule has 0 saturated heterocycles. The van der Waals surface area contributed by atoms with Crippen LogP contribution in [0.15, 0.2) is 11.4 Å². The van der Waals surface area contributed by atoms with Gasteiger partial charge < -0.3 is 4.57 Å². The van der Waals surface area contributed by atoms with Crippen molar-refractivity contribution in [2.75, 3.05) is 0 Å². The zero-order chi connectivity index (χ0) is 10.8. The molecule has 0 atom stereocenters. The second-order valence-corrected chi connectivity index (χ2v) is 3.91. The third kappa shape index (κ3) is 1.91. The number of nitrogens with zero attached hydrogens (tertiary/aromatic N) is 4. The zero-order valence-electron chi connectivity index (χ0n) is 8.15. The molecule has 76 valence electrons. The van der Waals surface area contributed by atoms with Gasteiger partial charge in [0.15, 0.2) is 5.65 Å². The highest BCUT2D eigenvalue weighted by Crippen LogP contribution is 2.24. The fourth-order valence-corrected chi connectivity index (χ4v) is 2.04. The van der Waals surface area contributed by atoms with E-state index in [0.717, 1.165) is 10.5 Å². The molecule has 0 amide bonds. The van der Waals surface area contributed by atoms with Gasteiger partial charge in [-0.2, -0.15) is 4.98 Å². The number of hydrogen-bond donors (Lipinski definition) is 0. The van der Waals surface area contributed by atoms with E-state index in [4.69, 9.17) is 11.6 Å². The summed E-state index contributed by atoms with van der Waals surface area (Å²) in [6.45, 7) is 1.77. The van der Waals surface area contributed by atoms with Gasteiger partial charge in [-0.15, -0.1) is 0 Å². The van der Waals surface area contributed by atoms with Crippen molar-refractivity contribution in [2.24, 2.45) is 7.05 Å². The lowest BCUT2D eigenvalue weighted by Gasteiger charge is -1.99. The van der Waals surface area contributed by atoms with Crippen LogP contribution in [0.5, 0.6) is 0 Å². The summed E-state index contributed by atoms with van der Waals surface area (Å²) in [7, 11) is 1.88. The number of imidazole rings is 1. The number of hydrogen-bond acceptors (Lipinski definition) is 4. The minimum Gasteiger partial charge on any atom is -0.330 e. The van der Waals surface area contributed by atoms with Gasteiger partial charge in [-0.05, 0) is 35.5 Å². The first-order chi connectivity index (χ1) is 7.22. The molecule has 2 heterocycles. The molecule has 0 aromatic carbocycles. The molecular weight excluding hydrogens is 232 g/mol. The Morgan fingerprint density at radius 2 is 2.27 bits per heavy atom. The molecule has 0 bridgehead atoms. The lowest BCUT2D eigenvalue weighted by Crippen LogP contribution is -1.92. The van der Waals surface area contributed by atoms with Gasteiger partial charge in [0.05, 0.1) is 6.33 Å². The van der Waals surface area contributed by atoms with E-state index in [2.05, 4.69) is 26.1 Å². The Hall–Kier alpha value is -1.25. The molecule has 2 aromatic heterocycles. The Kier molecular flexibility index (Phi) is 2.80. The van der Waals surface area contributed by atoms with Crippen molar-refractivity contribution in [3.8, 4) is 11.2 Å². The highest BCUT2D eigenvalue weighted by Gasteiger charge is 2.10. The van der Waals surface area contributed by atoms with Crippen molar-refractivity contribution in [3.05, 3.63) is 11.6 Å². The van der Waals surface area contributed by atoms with Crippen LogP contribution in [0.4, 0.5) is 0 Å². The molecule has 0 aliphatic carbocycles. The second-order valence-electron chi connectivity index (χ2n) is 2.78. The third-order valence-electron chi connectivity index (χ3n) is 1.76. The summed E-state index contributed by atoms with van der Waals surface area (Å²) >= 11 is 7.10. The molecule has 0 N–H and O–H groups in total. The van der Waals surface area contributed by atoms with Gasteiger partial charge in [-0.1, -0.05) is 5.92 Å². The zero-order valence-corrected chi connectivity index (χ0v) is 9.72. The first-order valence-electron chi connectivity index (χ1n) is 4.15. The van der Waals surface area contributed by atoms with Gasteiger partial charge >= 0.3 is 0 Å². The first kappa shape index (κ1) is 10.3. The third-order valence-corrected chi connectivity index (χ3v) is 2.72. The number of rotatable bonds is 1. The smallest absolute Gasteiger partial charge is 0.225 e. The van der Waals surface area contributed by atoms with E-state index >= 15 is 0 Å². The Balaban J connectivity index is 2.66. The lowest BCUT2D eigenvalue weighted by atomic mass is 10.5. The van der Waals surface area contributed by atoms with Crippen molar-refractivity contribution >= 4 is 34.5 Å². The molecule has 0 spiro atoms. The van der Waals surface area contributed by atoms with E-state index in [0.29, 0.717) is 5.65 Å². The predicted octanol–water partition coefficient (Wildman–Crippen LogP) is 2.09. The van der Waals surface area contributed by atoms with Gasteiger partial charge in [0.2, 0.25) is 5.28 Å². The fourth-order valence-electron chi connectivity index (χ4n) is 1.17. The van der Waals surface area contributed by atoms with Gasteiger partial charge in [-0.25, -0.2) is 9.97 Å². The maximum Gasteiger partial charge on any atom is 0.225 e. The summed E-state index contributed by atoms with van der Waals surface area (Å²) in [5, 5.41) is 3.81. The highest BCUT2D eigenvalue weighted by molar-refractivity contribution is 8.04. The molecule has 4 nitrogen and oxygen atoms in total. The molecule has 2 aromatic rings. The van der Waals surface area contributed by atoms with Crippen LogP contribution in [0.1, 0.15) is 6.92 Å². The van der Waals surface area contributed by atoms with Crippen molar-refractivity contribution in [1.82, 2.24) is 19.5 Å². The molecular formula is C9H7ClN4S. The van der Waals surface area contributed by atoms with Crippen LogP contribution in [-0.2, 0) is 7.05 Å². The molecule has 2 rings (SSSR count). The van der Waals surface area contributed by atoms with Crippen LogP contribution >= 0.6 is 23.4 Å². The summed E-state index contributed by atoms with van der Waals surface area (Å²) in [5.74, 6) is 2.79. The quantitative estimate of drug-likeness (QED) is 0.330. The maximum atomic E-state index is 5.78. The van der Waals surface area contributed by atoms with E-state index in [-0.39, 0.29) is 5.28 Å². The van der Waals surface area contributed by atoms with Crippen LogP contribution in [-0.4, -0.2) is 19.5 Å². The van der Waals surface area contributed by atoms with Crippen molar-refractivity contribution in [2.45, 2.75) is 11.9 Å². The Bertz CT molecular complexity index is 566. The Morgan fingerprint density at radius 3 is 3.00 bits per heavy atom. The van der Waals surface area contributed by atoms with E-state index in [1.54, 1.807) is 13.3 Å². The summed E-state index contributed by atoms with van der Waals surface area (Å²) in [5.41, 5.74) is 1.45. The number of halogens is 1. The number of thioether (sulfide) groups is 1. The second kappa shape index (κ2) is 4.09. The van der Waals surface area contributed by atoms with Gasteiger partial charge in [0.1, 0.15) is 10.5 Å². The Labute approximate surface area is 96.1 Å². The topological polar surface area (TPSA) is 43.6 Å². The van der Waals surface area contributed by atoms with Crippen molar-refractivity contribution in [1.29, 1.82) is 0 Å². The minimum atomic E-state index is 0.196. The van der Waals surface area contributed by atoms with Gasteiger partial charge in [0, 0.05) is 7.05 Å². The molecule has 0 aliphatic rings. The molecule has 0 radical (unpaired) electrons. The highest BCUT2D eigenvalue weighted by atomic mass is 35.5. The molecule has 0 fully saturated rings. The number of fused-ring (bicyclic) bond motifs is 1. The van der Waals surface area contributed by atoms with E-state index in [9.17, 15) is 0 Å². The predicted molar refractivity (Wildman–Crippen MR) is 60.6 cm³/mol. The van der Waals surface area contributed by atoms with Gasteiger partial charge in [0.25, 0.3) is 0 Å². The van der Waals surface area contributed by atoms with Gasteiger partial charge in [-0.3, -0.25) is 0 Å². The number of aryl methyl sites for hydroxylation is 1. The van der Waals surface area contributed by atoms with E-state index in [1.165, 1.54) is 11.8 Å². The fraction of sp³-hybridized carbons (Fsp3) is 0.222. The molecule has 0 aliphatic heterocycles. The SMILES string of the molecule is CC#CSc1nc(Cl)nc2ncn(C)c12. The molecule has 15 heavy (non-hydrogen) atoms. The number of aromatic nitrogens is 4. The van der Waals surface area contributed by atoms with Crippen LogP contribution in [0, 0.1) is 11.2 Å². The van der Waals surface area contributed by atoms with Crippen molar-refractivity contribution in [3.63, 3.8) is 0 Å². The first-order valence-corrected chi connectivity index (χ1v) is 5.35. The van der Waals surface area contributed by atoms with Crippen LogP contribution in [0.2, 0.25) is 5.28 Å². The van der Waals surface area contributed by atoms with E-state index in [1.807, 2.05) is 11.6 Å². The summed E-state index contributed by atoms with van der Waals surface area (Å²) in [6, 6.07) is 0. The van der Waals surface area contributed by atoms with Crippen LogP contribution < -0.4 is 0 Å². The summed E-state index contributed by atoms with van der Waals surface area (Å²) < 4.78 is 1.85. The maximum absolute atomic E-state index is 5.78. The van der Waals surface area contributed by atoms with E-state index < -0.39 is 0 Å². The Morgan fingerprint density at radius 1 is 1.47 bits per heavy atom. The van der Waals surface area contributed by atoms with Crippen LogP contribution in [0.25, 0.3) is 11.2 Å². The van der Waals surface area contributed by atoms with Crippen LogP contribution in [0.3, 0.4) is 0 Å². The van der Waals surface area contributed by atoms with Crippen molar-refractivity contribution < 1.29 is 0 Å². The summed E-state index contributed by atoms with van der Waals surface area (Å²) in [4.78, 5) is 12.3. The summed E-state index contributed by atoms with van der Waals surface area (Å²) in [6.07, 6.45) is 1.68. The average molecular weight is 239 g/mol. The largest absolute Gasteiger partial charge is 0.330 e. The monoisotopic (exact) mass is 238 g/mol. The lowest BCUT2D eigenvalue weighted by molar-refractivity contribution is 0.925. The molecule has 0 saturated carbocycles. The normalized spacial score (nSPS) is 10.1. The minimum absolute atomic E-state index is 0.196.